The molecule has 1 unspecified atom stereocenters. The Kier molecular flexibility index (Phi) is 66.3. The fourth-order valence-corrected chi connectivity index (χ4v) is 9.50. The molecule has 0 aromatic heterocycles. The molecule has 83 heavy (non-hydrogen) atoms. The summed E-state index contributed by atoms with van der Waals surface area (Å²) >= 11 is 0. The van der Waals surface area contributed by atoms with Gasteiger partial charge in [-0.3, -0.25) is 14.4 Å². The Labute approximate surface area is 513 Å². The van der Waals surface area contributed by atoms with Crippen molar-refractivity contribution < 1.29 is 28.6 Å². The van der Waals surface area contributed by atoms with E-state index < -0.39 is 6.10 Å². The van der Waals surface area contributed by atoms with Gasteiger partial charge in [0.25, 0.3) is 0 Å². The lowest BCUT2D eigenvalue weighted by Crippen LogP contribution is -2.30. The fourth-order valence-electron chi connectivity index (χ4n) is 9.50. The maximum Gasteiger partial charge on any atom is 0.306 e. The summed E-state index contributed by atoms with van der Waals surface area (Å²) in [4.78, 5) is 38.4. The third-order valence-electron chi connectivity index (χ3n) is 14.6. The molecule has 0 aliphatic rings. The molecular weight excluding hydrogens is 1020 g/mol. The normalized spacial score (nSPS) is 13.0. The molecular formula is C77H128O6. The maximum atomic E-state index is 12.9. The zero-order valence-corrected chi connectivity index (χ0v) is 54.2. The van der Waals surface area contributed by atoms with Crippen LogP contribution >= 0.6 is 0 Å². The lowest BCUT2D eigenvalue weighted by atomic mass is 10.0. The number of hydrogen-bond donors (Lipinski definition) is 0. The van der Waals surface area contributed by atoms with Crippen molar-refractivity contribution >= 4 is 17.9 Å². The molecule has 0 N–H and O–H groups in total. The summed E-state index contributed by atoms with van der Waals surface area (Å²) in [5.41, 5.74) is 0. The van der Waals surface area contributed by atoms with Crippen molar-refractivity contribution in [1.82, 2.24) is 0 Å². The first-order valence-electron chi connectivity index (χ1n) is 34.7. The maximum absolute atomic E-state index is 12.9. The zero-order chi connectivity index (χ0) is 59.9. The first-order chi connectivity index (χ1) is 41.0. The summed E-state index contributed by atoms with van der Waals surface area (Å²) in [6, 6.07) is 0. The predicted molar refractivity (Wildman–Crippen MR) is 362 cm³/mol. The van der Waals surface area contributed by atoms with Gasteiger partial charge in [-0.2, -0.15) is 0 Å². The summed E-state index contributed by atoms with van der Waals surface area (Å²) in [6.45, 7) is 6.38. The molecule has 6 nitrogen and oxygen atoms in total. The molecule has 0 heterocycles. The van der Waals surface area contributed by atoms with E-state index in [1.54, 1.807) is 0 Å². The van der Waals surface area contributed by atoms with Crippen LogP contribution in [0, 0.1) is 0 Å². The number of hydrogen-bond acceptors (Lipinski definition) is 6. The minimum Gasteiger partial charge on any atom is -0.462 e. The van der Waals surface area contributed by atoms with E-state index in [9.17, 15) is 14.4 Å². The van der Waals surface area contributed by atoms with Crippen molar-refractivity contribution in [2.75, 3.05) is 13.2 Å². The lowest BCUT2D eigenvalue weighted by molar-refractivity contribution is -0.167. The summed E-state index contributed by atoms with van der Waals surface area (Å²) in [6.07, 6.45) is 99.1. The van der Waals surface area contributed by atoms with E-state index >= 15 is 0 Å². The van der Waals surface area contributed by atoms with Gasteiger partial charge in [0.05, 0.1) is 0 Å². The topological polar surface area (TPSA) is 78.9 Å². The van der Waals surface area contributed by atoms with E-state index in [-0.39, 0.29) is 37.5 Å². The highest BCUT2D eigenvalue weighted by Gasteiger charge is 2.19. The molecule has 0 saturated carbocycles. The number of carbonyl (C=O) groups is 3. The second-order valence-electron chi connectivity index (χ2n) is 22.7. The third-order valence-corrected chi connectivity index (χ3v) is 14.6. The molecule has 0 amide bonds. The number of unbranched alkanes of at least 4 members (excludes halogenated alkanes) is 29. The third kappa shape index (κ3) is 68.2. The Bertz CT molecular complexity index is 1750. The fraction of sp³-hybridized carbons (Fsp3) is 0.675. The van der Waals surface area contributed by atoms with Crippen LogP contribution in [0.1, 0.15) is 316 Å². The van der Waals surface area contributed by atoms with Gasteiger partial charge in [0.1, 0.15) is 13.2 Å². The van der Waals surface area contributed by atoms with Crippen molar-refractivity contribution in [2.45, 2.75) is 322 Å². The molecule has 0 fully saturated rings. The molecule has 0 aromatic carbocycles. The zero-order valence-electron chi connectivity index (χ0n) is 54.2. The number of esters is 3. The van der Waals surface area contributed by atoms with Gasteiger partial charge in [0.15, 0.2) is 6.10 Å². The van der Waals surface area contributed by atoms with Gasteiger partial charge in [0, 0.05) is 19.3 Å². The highest BCUT2D eigenvalue weighted by molar-refractivity contribution is 5.71. The molecule has 0 radical (unpaired) electrons. The van der Waals surface area contributed by atoms with Crippen molar-refractivity contribution in [2.24, 2.45) is 0 Å². The first-order valence-corrected chi connectivity index (χ1v) is 34.7. The second kappa shape index (κ2) is 70.0. The summed E-state index contributed by atoms with van der Waals surface area (Å²) in [5, 5.41) is 0. The Hall–Kier alpha value is -4.45. The highest BCUT2D eigenvalue weighted by Crippen LogP contribution is 2.16. The van der Waals surface area contributed by atoms with Crippen molar-refractivity contribution in [3.63, 3.8) is 0 Å². The van der Waals surface area contributed by atoms with Gasteiger partial charge >= 0.3 is 17.9 Å². The van der Waals surface area contributed by atoms with E-state index in [0.29, 0.717) is 19.3 Å². The average molecular weight is 1150 g/mol. The second-order valence-corrected chi connectivity index (χ2v) is 22.7. The predicted octanol–water partition coefficient (Wildman–Crippen LogP) is 24.1. The number of allylic oxidation sites excluding steroid dienone is 22. The van der Waals surface area contributed by atoms with Gasteiger partial charge < -0.3 is 14.2 Å². The molecule has 0 aromatic rings. The Morgan fingerprint density at radius 1 is 0.253 bits per heavy atom. The summed E-state index contributed by atoms with van der Waals surface area (Å²) in [5.74, 6) is -0.981. The van der Waals surface area contributed by atoms with E-state index in [0.717, 1.165) is 128 Å². The van der Waals surface area contributed by atoms with Crippen LogP contribution in [-0.4, -0.2) is 37.2 Å². The summed E-state index contributed by atoms with van der Waals surface area (Å²) < 4.78 is 16.9. The monoisotopic (exact) mass is 1150 g/mol. The number of carbonyl (C=O) groups excluding carboxylic acids is 3. The van der Waals surface area contributed by atoms with E-state index in [4.69, 9.17) is 14.2 Å². The van der Waals surface area contributed by atoms with Crippen molar-refractivity contribution in [1.29, 1.82) is 0 Å². The van der Waals surface area contributed by atoms with E-state index in [1.807, 2.05) is 0 Å². The molecule has 0 aliphatic carbocycles. The van der Waals surface area contributed by atoms with E-state index in [2.05, 4.69) is 154 Å². The van der Waals surface area contributed by atoms with Crippen LogP contribution in [0.4, 0.5) is 0 Å². The molecule has 0 rings (SSSR count). The lowest BCUT2D eigenvalue weighted by Gasteiger charge is -2.18. The van der Waals surface area contributed by atoms with E-state index in [1.165, 1.54) is 141 Å². The van der Waals surface area contributed by atoms with Gasteiger partial charge in [-0.05, 0) is 128 Å². The quantitative estimate of drug-likeness (QED) is 0.0261. The van der Waals surface area contributed by atoms with Gasteiger partial charge in [-0.25, -0.2) is 0 Å². The van der Waals surface area contributed by atoms with Crippen LogP contribution in [0.25, 0.3) is 0 Å². The summed E-state index contributed by atoms with van der Waals surface area (Å²) in [7, 11) is 0. The largest absolute Gasteiger partial charge is 0.462 e. The van der Waals surface area contributed by atoms with Crippen LogP contribution in [-0.2, 0) is 28.6 Å². The first kappa shape index (κ1) is 78.5. The molecule has 0 aliphatic heterocycles. The molecule has 472 valence electrons. The Balaban J connectivity index is 4.41. The minimum absolute atomic E-state index is 0.109. The Morgan fingerprint density at radius 2 is 0.482 bits per heavy atom. The van der Waals surface area contributed by atoms with Gasteiger partial charge in [-0.1, -0.05) is 302 Å². The molecule has 0 spiro atoms. The van der Waals surface area contributed by atoms with Crippen LogP contribution < -0.4 is 0 Å². The van der Waals surface area contributed by atoms with Gasteiger partial charge in [0.2, 0.25) is 0 Å². The number of ether oxygens (including phenoxy) is 3. The van der Waals surface area contributed by atoms with Crippen LogP contribution in [0.15, 0.2) is 134 Å². The van der Waals surface area contributed by atoms with Crippen LogP contribution in [0.5, 0.6) is 0 Å². The van der Waals surface area contributed by atoms with Crippen LogP contribution in [0.2, 0.25) is 0 Å². The van der Waals surface area contributed by atoms with Crippen LogP contribution in [0.3, 0.4) is 0 Å². The standard InChI is InChI=1S/C77H128O6/c1-4-7-10-13-16-19-22-25-28-30-32-34-36-37-38-39-41-42-44-46-49-52-55-58-61-64-67-70-76(79)82-73-74(72-81-75(78)69-66-63-60-57-54-51-48-27-24-21-18-15-12-9-6-3)83-77(80)71-68-65-62-59-56-53-50-47-45-43-40-35-33-31-29-26-23-20-17-14-11-8-5-2/h8-9,11-12,17-18,20-21,26-27,29-30,32-33,35,43,45,48,50,53,59,62,74H,4-7,10,13-16,19,22-25,28,31,34,36-42,44,46-47,49,51-52,54-58,60-61,63-73H2,1-3H3/b11-8-,12-9-,20-17-,21-18-,29-26-,32-30-,35-33-,45-43-,48-27-,53-50-,62-59-. The van der Waals surface area contributed by atoms with Crippen molar-refractivity contribution in [3.05, 3.63) is 134 Å². The molecule has 6 heteroatoms. The molecule has 1 atom stereocenters. The highest BCUT2D eigenvalue weighted by atomic mass is 16.6. The SMILES string of the molecule is CC/C=C\C/C=C\C/C=C\C/C=C\C/C=C\C/C=C\C/C=C\CCCC(=O)OC(COC(=O)CCCCCCC/C=C\C/C=C\C/C=C\CC)COC(=O)CCCCCCCCCCCCCCCCC/C=C\CCCCCCCCCC. The number of rotatable bonds is 62. The average Bonchev–Trinajstić information content (AvgIpc) is 3.49. The minimum atomic E-state index is -0.822. The van der Waals surface area contributed by atoms with Gasteiger partial charge in [-0.15, -0.1) is 0 Å². The molecule has 0 saturated heterocycles. The van der Waals surface area contributed by atoms with Crippen molar-refractivity contribution in [3.8, 4) is 0 Å². The molecule has 0 bridgehead atoms. The smallest absolute Gasteiger partial charge is 0.306 e. The Morgan fingerprint density at radius 3 is 0.783 bits per heavy atom.